The lowest BCUT2D eigenvalue weighted by molar-refractivity contribution is -0.118. The van der Waals surface area contributed by atoms with E-state index in [2.05, 4.69) is 10.3 Å². The quantitative estimate of drug-likeness (QED) is 0.545. The Labute approximate surface area is 181 Å². The van der Waals surface area contributed by atoms with Crippen molar-refractivity contribution >= 4 is 39.9 Å². The van der Waals surface area contributed by atoms with Gasteiger partial charge in [0, 0.05) is 22.4 Å². The predicted molar refractivity (Wildman–Crippen MR) is 117 cm³/mol. The van der Waals surface area contributed by atoms with Crippen molar-refractivity contribution < 1.29 is 13.4 Å². The van der Waals surface area contributed by atoms with Crippen LogP contribution >= 0.6 is 23.2 Å². The minimum atomic E-state index is -1.40. The Morgan fingerprint density at radius 1 is 1.14 bits per heavy atom. The molecule has 1 aromatic heterocycles. The molecule has 2 aromatic carbocycles. The highest BCUT2D eigenvalue weighted by atomic mass is 35.5. The highest BCUT2D eigenvalue weighted by molar-refractivity contribution is 7.84. The lowest BCUT2D eigenvalue weighted by atomic mass is 10.1. The summed E-state index contributed by atoms with van der Waals surface area (Å²) in [4.78, 5) is 16.5. The van der Waals surface area contributed by atoms with Crippen molar-refractivity contribution in [1.82, 2.24) is 10.3 Å². The van der Waals surface area contributed by atoms with Crippen LogP contribution < -0.4 is 5.32 Å². The van der Waals surface area contributed by atoms with Crippen LogP contribution in [0.15, 0.2) is 52.9 Å². The number of nitrogens with zero attached hydrogens (tertiary/aromatic N) is 1. The lowest BCUT2D eigenvalue weighted by Crippen LogP contribution is -2.30. The number of hydrogen-bond donors (Lipinski definition) is 1. The number of carbonyl (C=O) groups is 1. The first-order chi connectivity index (χ1) is 13.9. The van der Waals surface area contributed by atoms with Gasteiger partial charge in [-0.15, -0.1) is 0 Å². The maximum absolute atomic E-state index is 12.4. The van der Waals surface area contributed by atoms with Gasteiger partial charge in [0.15, 0.2) is 0 Å². The molecule has 0 radical (unpaired) electrons. The van der Waals surface area contributed by atoms with E-state index in [0.29, 0.717) is 45.9 Å². The molecule has 5 nitrogen and oxygen atoms in total. The Morgan fingerprint density at radius 3 is 2.59 bits per heavy atom. The first kappa shape index (κ1) is 21.6. The molecule has 0 bridgehead atoms. The van der Waals surface area contributed by atoms with Crippen LogP contribution in [0.3, 0.4) is 0 Å². The molecule has 0 saturated carbocycles. The summed E-state index contributed by atoms with van der Waals surface area (Å²) in [5, 5.41) is 3.99. The van der Waals surface area contributed by atoms with Crippen LogP contribution in [-0.4, -0.2) is 27.4 Å². The maximum Gasteiger partial charge on any atom is 0.232 e. The van der Waals surface area contributed by atoms with E-state index in [-0.39, 0.29) is 17.4 Å². The van der Waals surface area contributed by atoms with Crippen LogP contribution in [0.4, 0.5) is 0 Å². The molecule has 0 spiro atoms. The predicted octanol–water partition coefficient (Wildman–Crippen LogP) is 4.56. The number of nitrogens with one attached hydrogen (secondary N) is 1. The molecule has 1 N–H and O–H groups in total. The van der Waals surface area contributed by atoms with Crippen LogP contribution in [-0.2, 0) is 27.8 Å². The average molecular weight is 451 g/mol. The zero-order valence-electron chi connectivity index (χ0n) is 15.8. The van der Waals surface area contributed by atoms with Gasteiger partial charge in [-0.05, 0) is 43.2 Å². The number of halogens is 2. The fourth-order valence-corrected chi connectivity index (χ4v) is 4.12. The second kappa shape index (κ2) is 10.1. The molecule has 0 fully saturated rings. The Bertz CT molecular complexity index is 1020. The molecule has 0 aliphatic carbocycles. The van der Waals surface area contributed by atoms with E-state index in [1.807, 2.05) is 42.5 Å². The number of aromatic nitrogens is 1. The van der Waals surface area contributed by atoms with Crippen LogP contribution in [0.2, 0.25) is 10.0 Å². The summed E-state index contributed by atoms with van der Waals surface area (Å²) >= 11 is 12.0. The van der Waals surface area contributed by atoms with E-state index < -0.39 is 10.8 Å². The smallest absolute Gasteiger partial charge is 0.232 e. The van der Waals surface area contributed by atoms with Crippen molar-refractivity contribution in [3.63, 3.8) is 0 Å². The van der Waals surface area contributed by atoms with Gasteiger partial charge in [0.1, 0.15) is 11.5 Å². The minimum absolute atomic E-state index is 0.0889. The topological polar surface area (TPSA) is 72.2 Å². The summed E-state index contributed by atoms with van der Waals surface area (Å²) in [6.07, 6.45) is 0.680. The number of aryl methyl sites for hydroxylation is 1. The molecule has 29 heavy (non-hydrogen) atoms. The van der Waals surface area contributed by atoms with Gasteiger partial charge in [-0.1, -0.05) is 47.5 Å². The maximum atomic E-state index is 12.4. The van der Waals surface area contributed by atoms with Crippen LogP contribution in [0.5, 0.6) is 0 Å². The van der Waals surface area contributed by atoms with E-state index in [1.54, 1.807) is 13.0 Å². The van der Waals surface area contributed by atoms with Crippen LogP contribution in [0.25, 0.3) is 11.5 Å². The Morgan fingerprint density at radius 2 is 1.86 bits per heavy atom. The van der Waals surface area contributed by atoms with Crippen molar-refractivity contribution in [2.75, 3.05) is 12.3 Å². The van der Waals surface area contributed by atoms with E-state index >= 15 is 0 Å². The minimum Gasteiger partial charge on any atom is -0.441 e. The molecular weight excluding hydrogens is 431 g/mol. The number of rotatable bonds is 8. The van der Waals surface area contributed by atoms with E-state index in [4.69, 9.17) is 27.6 Å². The molecule has 1 atom stereocenters. The normalized spacial score (nSPS) is 12.0. The SMILES string of the molecule is Cc1oc(-c2ccccc2Cl)nc1C[S@@](=O)CC(=O)NCCc1ccc(Cl)cc1. The van der Waals surface area contributed by atoms with Gasteiger partial charge in [-0.25, -0.2) is 4.98 Å². The number of hydrogen-bond acceptors (Lipinski definition) is 4. The number of amides is 1. The summed E-state index contributed by atoms with van der Waals surface area (Å²) in [6, 6.07) is 14.7. The lowest BCUT2D eigenvalue weighted by Gasteiger charge is -2.05. The highest BCUT2D eigenvalue weighted by Crippen LogP contribution is 2.28. The third-order valence-electron chi connectivity index (χ3n) is 4.24. The zero-order chi connectivity index (χ0) is 20.8. The van der Waals surface area contributed by atoms with Crippen LogP contribution in [0, 0.1) is 6.92 Å². The van der Waals surface area contributed by atoms with Crippen molar-refractivity contribution in [2.45, 2.75) is 19.1 Å². The van der Waals surface area contributed by atoms with Gasteiger partial charge in [-0.2, -0.15) is 0 Å². The monoisotopic (exact) mass is 450 g/mol. The fourth-order valence-electron chi connectivity index (χ4n) is 2.71. The molecule has 0 unspecified atom stereocenters. The summed E-state index contributed by atoms with van der Waals surface area (Å²) < 4.78 is 18.1. The van der Waals surface area contributed by atoms with Crippen molar-refractivity contribution in [3.05, 3.63) is 75.6 Å². The highest BCUT2D eigenvalue weighted by Gasteiger charge is 2.17. The summed E-state index contributed by atoms with van der Waals surface area (Å²) in [5.41, 5.74) is 2.31. The molecule has 1 heterocycles. The molecule has 0 aliphatic heterocycles. The van der Waals surface area contributed by atoms with Crippen molar-refractivity contribution in [1.29, 1.82) is 0 Å². The largest absolute Gasteiger partial charge is 0.441 e. The molecule has 152 valence electrons. The number of benzene rings is 2. The Kier molecular flexibility index (Phi) is 7.47. The van der Waals surface area contributed by atoms with Gasteiger partial charge in [0.05, 0.1) is 22.0 Å². The van der Waals surface area contributed by atoms with Gasteiger partial charge in [0.25, 0.3) is 0 Å². The first-order valence-corrected chi connectivity index (χ1v) is 11.2. The van der Waals surface area contributed by atoms with Gasteiger partial charge in [0.2, 0.25) is 11.8 Å². The summed E-state index contributed by atoms with van der Waals surface area (Å²) in [6.45, 7) is 2.23. The first-order valence-electron chi connectivity index (χ1n) is 8.99. The third-order valence-corrected chi connectivity index (χ3v) is 6.00. The average Bonchev–Trinajstić information content (AvgIpc) is 3.03. The van der Waals surface area contributed by atoms with Gasteiger partial charge < -0.3 is 9.73 Å². The van der Waals surface area contributed by atoms with E-state index in [1.165, 1.54) is 0 Å². The van der Waals surface area contributed by atoms with E-state index in [0.717, 1.165) is 5.56 Å². The third kappa shape index (κ3) is 6.16. The fraction of sp³-hybridized carbons (Fsp3) is 0.238. The molecule has 0 saturated heterocycles. The standard InChI is InChI=1S/C21H20Cl2N2O3S/c1-14-19(25-21(28-14)17-4-2-3-5-18(17)23)12-29(27)13-20(26)24-11-10-15-6-8-16(22)9-7-15/h2-9H,10-13H2,1H3,(H,24,26)/t29-/m1/s1. The summed E-state index contributed by atoms with van der Waals surface area (Å²) in [7, 11) is -1.40. The molecule has 1 amide bonds. The molecule has 3 rings (SSSR count). The van der Waals surface area contributed by atoms with E-state index in [9.17, 15) is 9.00 Å². The molecule has 3 aromatic rings. The van der Waals surface area contributed by atoms with Crippen molar-refractivity contribution in [3.8, 4) is 11.5 Å². The zero-order valence-corrected chi connectivity index (χ0v) is 18.1. The van der Waals surface area contributed by atoms with Gasteiger partial charge >= 0.3 is 0 Å². The number of oxazole rings is 1. The van der Waals surface area contributed by atoms with Crippen LogP contribution in [0.1, 0.15) is 17.0 Å². The molecule has 0 aliphatic rings. The van der Waals surface area contributed by atoms with Crippen molar-refractivity contribution in [2.24, 2.45) is 0 Å². The number of carbonyl (C=O) groups excluding carboxylic acids is 1. The summed E-state index contributed by atoms with van der Waals surface area (Å²) in [5.74, 6) is 0.743. The van der Waals surface area contributed by atoms with Gasteiger partial charge in [-0.3, -0.25) is 9.00 Å². The second-order valence-electron chi connectivity index (χ2n) is 6.46. The second-order valence-corrected chi connectivity index (χ2v) is 8.76. The molecule has 8 heteroatoms. The molecular formula is C21H20Cl2N2O3S. The Balaban J connectivity index is 1.50. The Hall–Kier alpha value is -2.15.